The molecule has 0 spiro atoms. The van der Waals surface area contributed by atoms with Crippen molar-refractivity contribution >= 4 is 50.8 Å². The van der Waals surface area contributed by atoms with Gasteiger partial charge in [-0.25, -0.2) is 4.98 Å². The average Bonchev–Trinajstić information content (AvgIpc) is 3.39. The highest BCUT2D eigenvalue weighted by molar-refractivity contribution is 7.99. The number of benzene rings is 1. The number of fused-ring (bicyclic) bond motifs is 1. The van der Waals surface area contributed by atoms with Crippen molar-refractivity contribution in [2.75, 3.05) is 12.3 Å². The third-order valence-corrected chi connectivity index (χ3v) is 6.93. The van der Waals surface area contributed by atoms with Gasteiger partial charge < -0.3 is 9.88 Å². The van der Waals surface area contributed by atoms with Gasteiger partial charge in [-0.15, -0.1) is 11.3 Å². The number of amides is 1. The standard InChI is InChI=1S/C20H20ClN5OS2/c1-13-16-11-17(18(27)22-8-10-28-20-23-7-9-25(20)2)29-19(16)26(24-13)12-14-3-5-15(21)6-4-14/h3-7,9,11H,8,10,12H2,1-2H3,(H,22,27). The number of hydrogen-bond donors (Lipinski definition) is 1. The molecule has 0 unspecified atom stereocenters. The summed E-state index contributed by atoms with van der Waals surface area (Å²) in [5.41, 5.74) is 2.04. The van der Waals surface area contributed by atoms with Gasteiger partial charge in [-0.1, -0.05) is 35.5 Å². The van der Waals surface area contributed by atoms with Crippen LogP contribution >= 0.6 is 34.7 Å². The van der Waals surface area contributed by atoms with E-state index in [-0.39, 0.29) is 5.91 Å². The molecule has 6 nitrogen and oxygen atoms in total. The van der Waals surface area contributed by atoms with Gasteiger partial charge in [-0.3, -0.25) is 9.48 Å². The Balaban J connectivity index is 1.42. The molecule has 4 rings (SSSR count). The highest BCUT2D eigenvalue weighted by atomic mass is 35.5. The normalized spacial score (nSPS) is 11.3. The maximum atomic E-state index is 12.6. The maximum Gasteiger partial charge on any atom is 0.261 e. The molecule has 0 atom stereocenters. The van der Waals surface area contributed by atoms with Crippen LogP contribution in [0.3, 0.4) is 0 Å². The molecule has 0 aliphatic heterocycles. The second-order valence-electron chi connectivity index (χ2n) is 6.62. The Bertz CT molecular complexity index is 1150. The largest absolute Gasteiger partial charge is 0.350 e. The monoisotopic (exact) mass is 445 g/mol. The molecule has 0 saturated heterocycles. The molecule has 0 aliphatic rings. The Morgan fingerprint density at radius 1 is 1.31 bits per heavy atom. The van der Waals surface area contributed by atoms with Crippen LogP contribution in [0.4, 0.5) is 0 Å². The van der Waals surface area contributed by atoms with E-state index in [1.54, 1.807) is 18.0 Å². The van der Waals surface area contributed by atoms with Gasteiger partial charge in [0.05, 0.1) is 17.1 Å². The van der Waals surface area contributed by atoms with E-state index in [0.717, 1.165) is 32.4 Å². The van der Waals surface area contributed by atoms with E-state index in [1.807, 2.05) is 59.7 Å². The molecule has 1 amide bonds. The highest BCUT2D eigenvalue weighted by Gasteiger charge is 2.16. The number of rotatable bonds is 7. The summed E-state index contributed by atoms with van der Waals surface area (Å²) in [6, 6.07) is 9.67. The summed E-state index contributed by atoms with van der Waals surface area (Å²) in [7, 11) is 1.96. The lowest BCUT2D eigenvalue weighted by Crippen LogP contribution is -2.24. The van der Waals surface area contributed by atoms with Crippen LogP contribution in [0, 0.1) is 6.92 Å². The number of aromatic nitrogens is 4. The van der Waals surface area contributed by atoms with Crippen LogP contribution in [0.15, 0.2) is 47.9 Å². The fourth-order valence-corrected chi connectivity index (χ4v) is 4.97. The minimum absolute atomic E-state index is 0.0518. The molecule has 3 aromatic heterocycles. The minimum Gasteiger partial charge on any atom is -0.350 e. The first-order chi connectivity index (χ1) is 14.0. The van der Waals surface area contributed by atoms with E-state index in [2.05, 4.69) is 15.4 Å². The first-order valence-corrected chi connectivity index (χ1v) is 11.3. The number of carbonyl (C=O) groups is 1. The summed E-state index contributed by atoms with van der Waals surface area (Å²) in [6.07, 6.45) is 3.68. The van der Waals surface area contributed by atoms with E-state index < -0.39 is 0 Å². The zero-order valence-electron chi connectivity index (χ0n) is 16.1. The van der Waals surface area contributed by atoms with E-state index in [1.165, 1.54) is 11.3 Å². The van der Waals surface area contributed by atoms with E-state index >= 15 is 0 Å². The van der Waals surface area contributed by atoms with Crippen molar-refractivity contribution < 1.29 is 4.79 Å². The maximum absolute atomic E-state index is 12.6. The summed E-state index contributed by atoms with van der Waals surface area (Å²) in [4.78, 5) is 18.6. The van der Waals surface area contributed by atoms with Crippen molar-refractivity contribution in [1.29, 1.82) is 0 Å². The summed E-state index contributed by atoms with van der Waals surface area (Å²) < 4.78 is 3.92. The Morgan fingerprint density at radius 3 is 2.83 bits per heavy atom. The number of hydrogen-bond acceptors (Lipinski definition) is 5. The SMILES string of the molecule is Cc1nn(Cc2ccc(Cl)cc2)c2sc(C(=O)NCCSc3nccn3C)cc12. The predicted molar refractivity (Wildman–Crippen MR) is 119 cm³/mol. The lowest BCUT2D eigenvalue weighted by Gasteiger charge is -2.04. The predicted octanol–water partition coefficient (Wildman–Crippen LogP) is 4.36. The molecule has 0 saturated carbocycles. The van der Waals surface area contributed by atoms with Crippen molar-refractivity contribution in [3.05, 3.63) is 63.9 Å². The van der Waals surface area contributed by atoms with Gasteiger partial charge in [-0.2, -0.15) is 5.10 Å². The number of thioether (sulfide) groups is 1. The Hall–Kier alpha value is -2.29. The smallest absolute Gasteiger partial charge is 0.261 e. The summed E-state index contributed by atoms with van der Waals surface area (Å²) in [5.74, 6) is 0.717. The molecular formula is C20H20ClN5OS2. The van der Waals surface area contributed by atoms with Crippen molar-refractivity contribution in [2.45, 2.75) is 18.6 Å². The number of carbonyl (C=O) groups excluding carboxylic acids is 1. The lowest BCUT2D eigenvalue weighted by atomic mass is 10.2. The van der Waals surface area contributed by atoms with Crippen LogP contribution in [0.25, 0.3) is 10.2 Å². The molecule has 0 bridgehead atoms. The van der Waals surface area contributed by atoms with Gasteiger partial charge in [0.2, 0.25) is 0 Å². The summed E-state index contributed by atoms with van der Waals surface area (Å²) in [6.45, 7) is 3.20. The third-order valence-electron chi connectivity index (χ3n) is 4.47. The van der Waals surface area contributed by atoms with Crippen molar-refractivity contribution in [3.8, 4) is 0 Å². The number of thiophene rings is 1. The van der Waals surface area contributed by atoms with E-state index in [4.69, 9.17) is 11.6 Å². The number of imidazole rings is 1. The molecule has 3 heterocycles. The van der Waals surface area contributed by atoms with Gasteiger partial charge in [0.15, 0.2) is 5.16 Å². The molecule has 1 N–H and O–H groups in total. The van der Waals surface area contributed by atoms with Gasteiger partial charge in [0, 0.05) is 42.1 Å². The number of nitrogens with one attached hydrogen (secondary N) is 1. The molecule has 1 aromatic carbocycles. The average molecular weight is 446 g/mol. The zero-order chi connectivity index (χ0) is 20.4. The van der Waals surface area contributed by atoms with Gasteiger partial charge in [0.1, 0.15) is 4.83 Å². The summed E-state index contributed by atoms with van der Waals surface area (Å²) >= 11 is 9.06. The molecule has 9 heteroatoms. The quantitative estimate of drug-likeness (QED) is 0.339. The molecule has 150 valence electrons. The minimum atomic E-state index is -0.0518. The Kier molecular flexibility index (Phi) is 5.94. The van der Waals surface area contributed by atoms with E-state index in [0.29, 0.717) is 23.0 Å². The molecule has 4 aromatic rings. The molecule has 0 fully saturated rings. The second kappa shape index (κ2) is 8.61. The van der Waals surface area contributed by atoms with Gasteiger partial charge in [0.25, 0.3) is 5.91 Å². The van der Waals surface area contributed by atoms with Crippen molar-refractivity contribution in [2.24, 2.45) is 7.05 Å². The molecule has 0 aliphatic carbocycles. The van der Waals surface area contributed by atoms with Crippen LogP contribution < -0.4 is 5.32 Å². The number of nitrogens with zero attached hydrogens (tertiary/aromatic N) is 4. The van der Waals surface area contributed by atoms with Gasteiger partial charge >= 0.3 is 0 Å². The number of aryl methyl sites for hydroxylation is 2. The number of halogens is 1. The Labute approximate surface area is 181 Å². The van der Waals surface area contributed by atoms with Crippen molar-refractivity contribution in [1.82, 2.24) is 24.6 Å². The highest BCUT2D eigenvalue weighted by Crippen LogP contribution is 2.29. The topological polar surface area (TPSA) is 64.7 Å². The second-order valence-corrected chi connectivity index (χ2v) is 9.15. The fraction of sp³-hybridized carbons (Fsp3) is 0.250. The molecular weight excluding hydrogens is 426 g/mol. The van der Waals surface area contributed by atoms with Crippen LogP contribution in [0.2, 0.25) is 5.02 Å². The first kappa shape index (κ1) is 20.0. The third kappa shape index (κ3) is 4.49. The zero-order valence-corrected chi connectivity index (χ0v) is 18.4. The van der Waals surface area contributed by atoms with Crippen LogP contribution in [-0.2, 0) is 13.6 Å². The molecule has 29 heavy (non-hydrogen) atoms. The van der Waals surface area contributed by atoms with Gasteiger partial charge in [-0.05, 0) is 30.7 Å². The fourth-order valence-electron chi connectivity index (χ4n) is 2.98. The summed E-state index contributed by atoms with van der Waals surface area (Å²) in [5, 5.41) is 10.3. The molecule has 0 radical (unpaired) electrons. The lowest BCUT2D eigenvalue weighted by molar-refractivity contribution is 0.0960. The van der Waals surface area contributed by atoms with E-state index in [9.17, 15) is 4.79 Å². The van der Waals surface area contributed by atoms with Crippen LogP contribution in [0.5, 0.6) is 0 Å². The van der Waals surface area contributed by atoms with Crippen LogP contribution in [-0.4, -0.2) is 37.5 Å². The Morgan fingerprint density at radius 2 is 2.10 bits per heavy atom. The van der Waals surface area contributed by atoms with Crippen LogP contribution in [0.1, 0.15) is 20.9 Å². The first-order valence-electron chi connectivity index (χ1n) is 9.11. The van der Waals surface area contributed by atoms with Crippen molar-refractivity contribution in [3.63, 3.8) is 0 Å².